The quantitative estimate of drug-likeness (QED) is 0.706. The van der Waals surface area contributed by atoms with Crippen LogP contribution in [-0.2, 0) is 11.3 Å². The molecule has 0 saturated carbocycles. The van der Waals surface area contributed by atoms with Crippen molar-refractivity contribution >= 4 is 23.1 Å². The van der Waals surface area contributed by atoms with Gasteiger partial charge >= 0.3 is 0 Å². The number of morpholine rings is 1. The van der Waals surface area contributed by atoms with Crippen molar-refractivity contribution in [2.75, 3.05) is 31.2 Å². The molecular formula is C19H18ClN3O3. The van der Waals surface area contributed by atoms with Gasteiger partial charge in [-0.1, -0.05) is 29.8 Å². The molecule has 1 saturated heterocycles. The number of hydrogen-bond donors (Lipinski definition) is 0. The standard InChI is InChI=1S/C19H18ClN3O3/c20-15-5-2-1-4-14(15)13-26-16-6-3-7-23-18(24)12-17(21-19(16)23)22-8-10-25-11-9-22/h1-7,12H,8-11,13H2. The molecule has 1 fully saturated rings. The predicted molar refractivity (Wildman–Crippen MR) is 100 cm³/mol. The number of benzene rings is 1. The maximum absolute atomic E-state index is 12.5. The van der Waals surface area contributed by atoms with Crippen LogP contribution in [-0.4, -0.2) is 35.7 Å². The normalized spacial score (nSPS) is 14.6. The largest absolute Gasteiger partial charge is 0.485 e. The summed E-state index contributed by atoms with van der Waals surface area (Å²) in [6.07, 6.45) is 1.69. The zero-order valence-corrected chi connectivity index (χ0v) is 14.9. The molecule has 0 spiro atoms. The van der Waals surface area contributed by atoms with Crippen LogP contribution in [0.1, 0.15) is 5.56 Å². The van der Waals surface area contributed by atoms with E-state index in [9.17, 15) is 4.79 Å². The van der Waals surface area contributed by atoms with E-state index in [-0.39, 0.29) is 5.56 Å². The van der Waals surface area contributed by atoms with Gasteiger partial charge in [0.25, 0.3) is 5.56 Å². The first kappa shape index (κ1) is 16.9. The lowest BCUT2D eigenvalue weighted by atomic mass is 10.2. The summed E-state index contributed by atoms with van der Waals surface area (Å²) < 4.78 is 12.8. The third-order valence-corrected chi connectivity index (χ3v) is 4.69. The Morgan fingerprint density at radius 2 is 1.96 bits per heavy atom. The van der Waals surface area contributed by atoms with Gasteiger partial charge in [-0.15, -0.1) is 0 Å². The fraction of sp³-hybridized carbons (Fsp3) is 0.263. The highest BCUT2D eigenvalue weighted by Crippen LogP contribution is 2.22. The van der Waals surface area contributed by atoms with E-state index in [2.05, 4.69) is 9.88 Å². The van der Waals surface area contributed by atoms with Crippen molar-refractivity contribution in [3.05, 3.63) is 69.6 Å². The zero-order chi connectivity index (χ0) is 17.9. The molecule has 0 atom stereocenters. The minimum Gasteiger partial charge on any atom is -0.485 e. The van der Waals surface area contributed by atoms with Gasteiger partial charge in [0, 0.05) is 35.9 Å². The second kappa shape index (κ2) is 7.35. The molecular weight excluding hydrogens is 354 g/mol. The minimum atomic E-state index is -0.139. The number of nitrogens with zero attached hydrogens (tertiary/aromatic N) is 3. The number of aromatic nitrogens is 2. The van der Waals surface area contributed by atoms with Crippen molar-refractivity contribution in [3.8, 4) is 5.75 Å². The van der Waals surface area contributed by atoms with Crippen molar-refractivity contribution < 1.29 is 9.47 Å². The molecule has 3 heterocycles. The lowest BCUT2D eigenvalue weighted by molar-refractivity contribution is 0.122. The van der Waals surface area contributed by atoms with Crippen LogP contribution >= 0.6 is 11.6 Å². The van der Waals surface area contributed by atoms with E-state index in [1.54, 1.807) is 18.3 Å². The molecule has 7 heteroatoms. The van der Waals surface area contributed by atoms with Crippen LogP contribution < -0.4 is 15.2 Å². The second-order valence-electron chi connectivity index (χ2n) is 6.00. The Morgan fingerprint density at radius 3 is 2.77 bits per heavy atom. The Bertz CT molecular complexity index is 983. The molecule has 0 amide bonds. The maximum atomic E-state index is 12.5. The van der Waals surface area contributed by atoms with E-state index in [0.717, 1.165) is 5.56 Å². The van der Waals surface area contributed by atoms with Crippen LogP contribution in [0.5, 0.6) is 5.75 Å². The molecule has 0 radical (unpaired) electrons. The summed E-state index contributed by atoms with van der Waals surface area (Å²) >= 11 is 6.19. The average molecular weight is 372 g/mol. The van der Waals surface area contributed by atoms with E-state index in [1.165, 1.54) is 4.40 Å². The number of fused-ring (bicyclic) bond motifs is 1. The van der Waals surface area contributed by atoms with Crippen molar-refractivity contribution in [2.45, 2.75) is 6.61 Å². The molecule has 26 heavy (non-hydrogen) atoms. The van der Waals surface area contributed by atoms with E-state index < -0.39 is 0 Å². The third-order valence-electron chi connectivity index (χ3n) is 4.32. The van der Waals surface area contributed by atoms with Crippen molar-refractivity contribution in [2.24, 2.45) is 0 Å². The van der Waals surface area contributed by atoms with Gasteiger partial charge in [0.2, 0.25) is 0 Å². The van der Waals surface area contributed by atoms with Crippen molar-refractivity contribution in [1.82, 2.24) is 9.38 Å². The van der Waals surface area contributed by atoms with Gasteiger partial charge in [0.1, 0.15) is 12.4 Å². The maximum Gasteiger partial charge on any atom is 0.260 e. The second-order valence-corrected chi connectivity index (χ2v) is 6.41. The van der Waals surface area contributed by atoms with Gasteiger partial charge in [0.05, 0.1) is 13.2 Å². The predicted octanol–water partition coefficient (Wildman–Crippen LogP) is 2.76. The van der Waals surface area contributed by atoms with Crippen LogP contribution in [0.2, 0.25) is 5.02 Å². The topological polar surface area (TPSA) is 56.1 Å². The summed E-state index contributed by atoms with van der Waals surface area (Å²) in [6, 6.07) is 12.6. The summed E-state index contributed by atoms with van der Waals surface area (Å²) in [6.45, 7) is 2.99. The van der Waals surface area contributed by atoms with Gasteiger partial charge in [-0.3, -0.25) is 9.20 Å². The lowest BCUT2D eigenvalue weighted by Gasteiger charge is -2.27. The molecule has 1 aliphatic heterocycles. The van der Waals surface area contributed by atoms with Gasteiger partial charge in [-0.05, 0) is 18.2 Å². The summed E-state index contributed by atoms with van der Waals surface area (Å²) in [5.41, 5.74) is 1.23. The monoisotopic (exact) mass is 371 g/mol. The van der Waals surface area contributed by atoms with Crippen LogP contribution in [0.15, 0.2) is 53.5 Å². The molecule has 0 aliphatic carbocycles. The molecule has 1 aromatic carbocycles. The van der Waals surface area contributed by atoms with Gasteiger partial charge in [0.15, 0.2) is 11.4 Å². The number of rotatable bonds is 4. The van der Waals surface area contributed by atoms with E-state index >= 15 is 0 Å². The Balaban J connectivity index is 1.69. The van der Waals surface area contributed by atoms with Crippen LogP contribution in [0.25, 0.3) is 5.65 Å². The summed E-state index contributed by atoms with van der Waals surface area (Å²) in [4.78, 5) is 19.2. The molecule has 0 unspecified atom stereocenters. The molecule has 134 valence electrons. The molecule has 0 N–H and O–H groups in total. The molecule has 0 bridgehead atoms. The average Bonchev–Trinajstić information content (AvgIpc) is 2.68. The number of hydrogen-bond acceptors (Lipinski definition) is 5. The Labute approximate surface area is 155 Å². The van der Waals surface area contributed by atoms with E-state index in [1.807, 2.05) is 30.3 Å². The van der Waals surface area contributed by atoms with Crippen LogP contribution in [0.4, 0.5) is 5.82 Å². The highest BCUT2D eigenvalue weighted by molar-refractivity contribution is 6.31. The van der Waals surface area contributed by atoms with Crippen molar-refractivity contribution in [1.29, 1.82) is 0 Å². The van der Waals surface area contributed by atoms with Crippen molar-refractivity contribution in [3.63, 3.8) is 0 Å². The fourth-order valence-corrected chi connectivity index (χ4v) is 3.12. The molecule has 2 aromatic heterocycles. The first-order chi connectivity index (χ1) is 12.7. The van der Waals surface area contributed by atoms with Crippen LogP contribution in [0, 0.1) is 0 Å². The summed E-state index contributed by atoms with van der Waals surface area (Å²) in [7, 11) is 0. The third kappa shape index (κ3) is 3.38. The Hall–Kier alpha value is -2.57. The fourth-order valence-electron chi connectivity index (χ4n) is 2.93. The summed E-state index contributed by atoms with van der Waals surface area (Å²) in [5.74, 6) is 1.19. The molecule has 1 aliphatic rings. The lowest BCUT2D eigenvalue weighted by Crippen LogP contribution is -2.37. The van der Waals surface area contributed by atoms with Gasteiger partial charge in [-0.25, -0.2) is 4.98 Å². The van der Waals surface area contributed by atoms with Gasteiger partial charge < -0.3 is 14.4 Å². The van der Waals surface area contributed by atoms with E-state index in [4.69, 9.17) is 21.1 Å². The smallest absolute Gasteiger partial charge is 0.260 e. The first-order valence-corrected chi connectivity index (χ1v) is 8.81. The highest BCUT2D eigenvalue weighted by Gasteiger charge is 2.16. The number of ether oxygens (including phenoxy) is 2. The number of anilines is 1. The Kier molecular flexibility index (Phi) is 4.77. The summed E-state index contributed by atoms with van der Waals surface area (Å²) in [5, 5.41) is 0.645. The van der Waals surface area contributed by atoms with Gasteiger partial charge in [-0.2, -0.15) is 0 Å². The van der Waals surface area contributed by atoms with Crippen LogP contribution in [0.3, 0.4) is 0 Å². The molecule has 6 nitrogen and oxygen atoms in total. The Morgan fingerprint density at radius 1 is 1.15 bits per heavy atom. The first-order valence-electron chi connectivity index (χ1n) is 8.44. The number of pyridine rings is 1. The minimum absolute atomic E-state index is 0.139. The number of halogens is 1. The zero-order valence-electron chi connectivity index (χ0n) is 14.1. The SMILES string of the molecule is O=c1cc(N2CCOCC2)nc2c(OCc3ccccc3Cl)cccn12. The highest BCUT2D eigenvalue weighted by atomic mass is 35.5. The molecule has 3 aromatic rings. The molecule has 4 rings (SSSR count). The van der Waals surface area contributed by atoms with E-state index in [0.29, 0.717) is 55.1 Å².